The number of carbonyl (C=O) groups is 1. The first-order valence-electron chi connectivity index (χ1n) is 6.00. The molecule has 5 nitrogen and oxygen atoms in total. The van der Waals surface area contributed by atoms with Gasteiger partial charge >= 0.3 is 0 Å². The highest BCUT2D eigenvalue weighted by Gasteiger charge is 2.10. The summed E-state index contributed by atoms with van der Waals surface area (Å²) in [5.74, 6) is 5.39. The Hall–Kier alpha value is -1.18. The maximum absolute atomic E-state index is 11.7. The summed E-state index contributed by atoms with van der Waals surface area (Å²) >= 11 is 4.90. The summed E-state index contributed by atoms with van der Waals surface area (Å²) in [6.45, 7) is 2.06. The molecule has 0 unspecified atom stereocenters. The Labute approximate surface area is 123 Å². The number of hydrogen-bond acceptors (Lipinski definition) is 5. The maximum atomic E-state index is 11.7. The maximum Gasteiger partial charge on any atom is 0.224 e. The molecular weight excluding hydrogens is 328 g/mol. The molecular formula is C12H15BrN4OS. The molecule has 0 radical (unpaired) electrons. The topological polar surface area (TPSA) is 80.0 Å². The van der Waals surface area contributed by atoms with Gasteiger partial charge in [0.05, 0.1) is 10.2 Å². The smallest absolute Gasteiger partial charge is 0.224 e. The number of nitrogen functional groups attached to an aromatic ring is 1. The molecule has 7 heteroatoms. The van der Waals surface area contributed by atoms with Gasteiger partial charge in [-0.3, -0.25) is 10.2 Å². The van der Waals surface area contributed by atoms with E-state index in [4.69, 9.17) is 5.84 Å². The molecule has 1 heterocycles. The molecule has 0 saturated heterocycles. The van der Waals surface area contributed by atoms with E-state index in [0.29, 0.717) is 11.6 Å². The fraction of sp³-hybridized carbons (Fsp3) is 0.333. The molecule has 0 atom stereocenters. The third-order valence-electron chi connectivity index (χ3n) is 2.61. The lowest BCUT2D eigenvalue weighted by Gasteiger charge is -2.05. The number of unbranched alkanes of at least 4 members (excludes halogenated alkanes) is 1. The first-order chi connectivity index (χ1) is 9.13. The molecule has 0 bridgehead atoms. The van der Waals surface area contributed by atoms with Crippen LogP contribution in [0.25, 0.3) is 10.2 Å². The number of fused-ring (bicyclic) bond motifs is 1. The van der Waals surface area contributed by atoms with Gasteiger partial charge in [0.15, 0.2) is 5.13 Å². The van der Waals surface area contributed by atoms with Gasteiger partial charge in [0, 0.05) is 16.6 Å². The summed E-state index contributed by atoms with van der Waals surface area (Å²) in [7, 11) is 0. The standard InChI is InChI=1S/C12H15BrN4OS/c1-2-3-4-10(18)15-7-5-8(13)11-9(6-7)19-12(16-11)17-14/h5-6H,2-4,14H2,1H3,(H,15,18)(H,16,17). The van der Waals surface area contributed by atoms with Gasteiger partial charge in [-0.2, -0.15) is 0 Å². The number of hydrazine groups is 1. The number of benzene rings is 1. The molecule has 0 spiro atoms. The minimum absolute atomic E-state index is 0.0368. The van der Waals surface area contributed by atoms with Crippen LogP contribution in [-0.2, 0) is 4.79 Å². The molecule has 0 saturated carbocycles. The van der Waals surface area contributed by atoms with Crippen LogP contribution in [0.15, 0.2) is 16.6 Å². The molecule has 0 aliphatic heterocycles. The van der Waals surface area contributed by atoms with E-state index in [2.05, 4.69) is 38.6 Å². The van der Waals surface area contributed by atoms with Gasteiger partial charge in [-0.05, 0) is 34.5 Å². The summed E-state index contributed by atoms with van der Waals surface area (Å²) < 4.78 is 1.81. The number of carbonyl (C=O) groups excluding carboxylic acids is 1. The predicted molar refractivity (Wildman–Crippen MR) is 83.3 cm³/mol. The number of hydrogen-bond donors (Lipinski definition) is 3. The summed E-state index contributed by atoms with van der Waals surface area (Å²) in [5, 5.41) is 3.54. The van der Waals surface area contributed by atoms with Crippen molar-refractivity contribution in [1.82, 2.24) is 4.98 Å². The van der Waals surface area contributed by atoms with Crippen molar-refractivity contribution < 1.29 is 4.79 Å². The minimum atomic E-state index is 0.0368. The third kappa shape index (κ3) is 3.43. The Morgan fingerprint density at radius 1 is 1.53 bits per heavy atom. The van der Waals surface area contributed by atoms with Gasteiger partial charge in [-0.1, -0.05) is 24.7 Å². The van der Waals surface area contributed by atoms with Crippen molar-refractivity contribution in [3.63, 3.8) is 0 Å². The van der Waals surface area contributed by atoms with Crippen molar-refractivity contribution in [1.29, 1.82) is 0 Å². The van der Waals surface area contributed by atoms with Gasteiger partial charge in [-0.25, -0.2) is 10.8 Å². The third-order valence-corrected chi connectivity index (χ3v) is 4.15. The highest BCUT2D eigenvalue weighted by Crippen LogP contribution is 2.33. The molecule has 102 valence electrons. The monoisotopic (exact) mass is 342 g/mol. The summed E-state index contributed by atoms with van der Waals surface area (Å²) in [5.41, 5.74) is 4.14. The Balaban J connectivity index is 2.22. The van der Waals surface area contributed by atoms with Crippen molar-refractivity contribution in [3.8, 4) is 0 Å². The van der Waals surface area contributed by atoms with Crippen LogP contribution in [0.5, 0.6) is 0 Å². The number of thiazole rings is 1. The van der Waals surface area contributed by atoms with Crippen LogP contribution in [0, 0.1) is 0 Å². The van der Waals surface area contributed by atoms with Crippen LogP contribution in [0.2, 0.25) is 0 Å². The first kappa shape index (κ1) is 14.2. The molecule has 4 N–H and O–H groups in total. The highest BCUT2D eigenvalue weighted by atomic mass is 79.9. The zero-order chi connectivity index (χ0) is 13.8. The lowest BCUT2D eigenvalue weighted by atomic mass is 10.2. The van der Waals surface area contributed by atoms with Crippen molar-refractivity contribution in [2.24, 2.45) is 5.84 Å². The lowest BCUT2D eigenvalue weighted by molar-refractivity contribution is -0.116. The number of halogens is 1. The second kappa shape index (κ2) is 6.31. The van der Waals surface area contributed by atoms with E-state index < -0.39 is 0 Å². The van der Waals surface area contributed by atoms with Crippen molar-refractivity contribution in [3.05, 3.63) is 16.6 Å². The van der Waals surface area contributed by atoms with Crippen LogP contribution in [0.1, 0.15) is 26.2 Å². The van der Waals surface area contributed by atoms with E-state index in [1.807, 2.05) is 12.1 Å². The van der Waals surface area contributed by atoms with Crippen molar-refractivity contribution >= 4 is 54.2 Å². The SMILES string of the molecule is CCCCC(=O)Nc1cc(Br)c2nc(NN)sc2c1. The fourth-order valence-corrected chi connectivity index (χ4v) is 3.21. The van der Waals surface area contributed by atoms with Crippen LogP contribution in [0.3, 0.4) is 0 Å². The van der Waals surface area contributed by atoms with Crippen molar-refractivity contribution in [2.45, 2.75) is 26.2 Å². The molecule has 2 rings (SSSR count). The number of rotatable bonds is 5. The largest absolute Gasteiger partial charge is 0.326 e. The predicted octanol–water partition coefficient (Wildman–Crippen LogP) is 3.47. The van der Waals surface area contributed by atoms with E-state index in [0.717, 1.165) is 33.2 Å². The normalized spacial score (nSPS) is 10.7. The minimum Gasteiger partial charge on any atom is -0.326 e. The van der Waals surface area contributed by atoms with E-state index in [1.54, 1.807) is 0 Å². The number of amides is 1. The average Bonchev–Trinajstić information content (AvgIpc) is 2.80. The second-order valence-electron chi connectivity index (χ2n) is 4.12. The van der Waals surface area contributed by atoms with Gasteiger partial charge in [0.2, 0.25) is 5.91 Å². The number of nitrogens with two attached hydrogens (primary N) is 1. The van der Waals surface area contributed by atoms with Gasteiger partial charge in [0.25, 0.3) is 0 Å². The van der Waals surface area contributed by atoms with Gasteiger partial charge in [-0.15, -0.1) is 0 Å². The average molecular weight is 343 g/mol. The summed E-state index contributed by atoms with van der Waals surface area (Å²) in [6.07, 6.45) is 2.46. The van der Waals surface area contributed by atoms with Gasteiger partial charge in [0.1, 0.15) is 0 Å². The highest BCUT2D eigenvalue weighted by molar-refractivity contribution is 9.10. The molecule has 19 heavy (non-hydrogen) atoms. The molecule has 1 aromatic carbocycles. The lowest BCUT2D eigenvalue weighted by Crippen LogP contribution is -2.10. The molecule has 1 aromatic heterocycles. The Morgan fingerprint density at radius 3 is 3.00 bits per heavy atom. The molecule has 1 amide bonds. The number of nitrogens with zero attached hydrogens (tertiary/aromatic N) is 1. The number of anilines is 2. The number of nitrogens with one attached hydrogen (secondary N) is 2. The van der Waals surface area contributed by atoms with E-state index in [1.165, 1.54) is 11.3 Å². The van der Waals surface area contributed by atoms with E-state index in [9.17, 15) is 4.79 Å². The number of aromatic nitrogens is 1. The quantitative estimate of drug-likeness (QED) is 0.574. The zero-order valence-corrected chi connectivity index (χ0v) is 12.9. The molecule has 0 aliphatic rings. The molecule has 0 fully saturated rings. The molecule has 2 aromatic rings. The van der Waals surface area contributed by atoms with Gasteiger partial charge < -0.3 is 5.32 Å². The van der Waals surface area contributed by atoms with Crippen molar-refractivity contribution in [2.75, 3.05) is 10.7 Å². The van der Waals surface area contributed by atoms with Crippen LogP contribution in [-0.4, -0.2) is 10.9 Å². The Kier molecular flexibility index (Phi) is 4.73. The second-order valence-corrected chi connectivity index (χ2v) is 6.00. The Bertz CT molecular complexity index is 599. The zero-order valence-electron chi connectivity index (χ0n) is 10.5. The first-order valence-corrected chi connectivity index (χ1v) is 7.61. The molecule has 0 aliphatic carbocycles. The van der Waals surface area contributed by atoms with Crippen LogP contribution in [0.4, 0.5) is 10.8 Å². The summed E-state index contributed by atoms with van der Waals surface area (Å²) in [6, 6.07) is 3.76. The summed E-state index contributed by atoms with van der Waals surface area (Å²) in [4.78, 5) is 16.0. The fourth-order valence-electron chi connectivity index (χ4n) is 1.68. The van der Waals surface area contributed by atoms with Crippen LogP contribution < -0.4 is 16.6 Å². The van der Waals surface area contributed by atoms with E-state index in [-0.39, 0.29) is 5.91 Å². The van der Waals surface area contributed by atoms with E-state index >= 15 is 0 Å². The Morgan fingerprint density at radius 2 is 2.32 bits per heavy atom. The van der Waals surface area contributed by atoms with Crippen LogP contribution >= 0.6 is 27.3 Å².